The quantitative estimate of drug-likeness (QED) is 0.428. The molecule has 1 rings (SSSR count). The molecule has 0 radical (unpaired) electrons. The summed E-state index contributed by atoms with van der Waals surface area (Å²) in [4.78, 5) is 25.2. The Morgan fingerprint density at radius 2 is 2.28 bits per heavy atom. The highest BCUT2D eigenvalue weighted by Gasteiger charge is 2.12. The van der Waals surface area contributed by atoms with E-state index < -0.39 is 17.5 Å². The van der Waals surface area contributed by atoms with Gasteiger partial charge in [0, 0.05) is 18.2 Å². The molecular weight excluding hydrogens is 240 g/mol. The van der Waals surface area contributed by atoms with Crippen molar-refractivity contribution in [1.29, 1.82) is 0 Å². The first-order chi connectivity index (χ1) is 8.50. The number of carboxylic acid groups (broad SMARTS) is 1. The van der Waals surface area contributed by atoms with Gasteiger partial charge >= 0.3 is 5.97 Å². The van der Waals surface area contributed by atoms with Gasteiger partial charge in [0.05, 0.1) is 4.92 Å². The molecule has 0 fully saturated rings. The highest BCUT2D eigenvalue weighted by atomic mass is 16.7. The molecule has 18 heavy (non-hydrogen) atoms. The maximum Gasteiger partial charge on any atom is 0.331 e. The summed E-state index contributed by atoms with van der Waals surface area (Å²) in [5.41, 5.74) is 3.91. The lowest BCUT2D eigenvalue weighted by atomic mass is 10.1. The minimum atomic E-state index is -1.08. The van der Waals surface area contributed by atoms with Gasteiger partial charge in [0.25, 0.3) is 5.69 Å². The van der Waals surface area contributed by atoms with E-state index in [-0.39, 0.29) is 5.69 Å². The zero-order valence-corrected chi connectivity index (χ0v) is 9.88. The second-order valence-corrected chi connectivity index (χ2v) is 3.72. The molecule has 0 aliphatic heterocycles. The summed E-state index contributed by atoms with van der Waals surface area (Å²) in [5, 5.41) is 19.2. The summed E-state index contributed by atoms with van der Waals surface area (Å²) in [5.74, 6) is -1.08. The van der Waals surface area contributed by atoms with Crippen LogP contribution in [0.3, 0.4) is 0 Å². The van der Waals surface area contributed by atoms with Crippen LogP contribution in [0.4, 0.5) is 5.69 Å². The number of nitrogens with one attached hydrogen (secondary N) is 1. The van der Waals surface area contributed by atoms with Crippen LogP contribution in [0, 0.1) is 17.0 Å². The van der Waals surface area contributed by atoms with Crippen molar-refractivity contribution >= 4 is 11.7 Å². The fraction of sp³-hybridized carbons (Fsp3) is 0.364. The highest BCUT2D eigenvalue weighted by molar-refractivity contribution is 5.67. The minimum absolute atomic E-state index is 0.0648. The number of hydrogen-bond donors (Lipinski definition) is 2. The predicted octanol–water partition coefficient (Wildman–Crippen LogP) is 1.05. The number of benzene rings is 1. The maximum atomic E-state index is 10.8. The Morgan fingerprint density at radius 1 is 1.56 bits per heavy atom. The average molecular weight is 254 g/mol. The number of nitro benzene ring substituents is 1. The smallest absolute Gasteiger partial charge is 0.331 e. The third-order valence-electron chi connectivity index (χ3n) is 2.23. The van der Waals surface area contributed by atoms with Crippen molar-refractivity contribution in [1.82, 2.24) is 5.48 Å². The number of carbonyl (C=O) groups is 1. The molecule has 1 aromatic rings. The van der Waals surface area contributed by atoms with Crippen molar-refractivity contribution in [2.75, 3.05) is 13.2 Å². The van der Waals surface area contributed by atoms with Gasteiger partial charge in [-0.2, -0.15) is 0 Å². The molecule has 0 atom stereocenters. The van der Waals surface area contributed by atoms with E-state index in [0.717, 1.165) is 5.56 Å². The zero-order valence-electron chi connectivity index (χ0n) is 9.88. The molecular formula is C11H14N2O5. The lowest BCUT2D eigenvalue weighted by Gasteiger charge is -2.05. The van der Waals surface area contributed by atoms with Crippen LogP contribution in [0.25, 0.3) is 0 Å². The summed E-state index contributed by atoms with van der Waals surface area (Å²) in [6, 6.07) is 4.99. The molecule has 0 amide bonds. The van der Waals surface area contributed by atoms with Gasteiger partial charge in [-0.3, -0.25) is 15.0 Å². The first-order valence-electron chi connectivity index (χ1n) is 5.31. The molecule has 0 unspecified atom stereocenters. The van der Waals surface area contributed by atoms with Crippen LogP contribution in [0.15, 0.2) is 18.2 Å². The molecule has 0 heterocycles. The van der Waals surface area contributed by atoms with E-state index in [2.05, 4.69) is 10.3 Å². The van der Waals surface area contributed by atoms with E-state index in [1.54, 1.807) is 19.1 Å². The van der Waals surface area contributed by atoms with Gasteiger partial charge in [0.15, 0.2) is 6.61 Å². The van der Waals surface area contributed by atoms with Crippen molar-refractivity contribution in [3.05, 3.63) is 39.4 Å². The van der Waals surface area contributed by atoms with Crippen LogP contribution in [0.5, 0.6) is 0 Å². The molecule has 0 aliphatic rings. The van der Waals surface area contributed by atoms with E-state index in [1.165, 1.54) is 6.07 Å². The van der Waals surface area contributed by atoms with Crippen LogP contribution >= 0.6 is 0 Å². The Hall–Kier alpha value is -1.99. The second kappa shape index (κ2) is 6.67. The van der Waals surface area contributed by atoms with E-state index in [1.807, 2.05) is 0 Å². The zero-order chi connectivity index (χ0) is 13.5. The average Bonchev–Trinajstić information content (AvgIpc) is 2.29. The largest absolute Gasteiger partial charge is 0.479 e. The SMILES string of the molecule is Cc1ccc(CCNOCC(=O)O)c([N+](=O)[O-])c1. The second-order valence-electron chi connectivity index (χ2n) is 3.72. The number of aryl methyl sites for hydroxylation is 1. The van der Waals surface area contributed by atoms with Crippen LogP contribution in [-0.2, 0) is 16.1 Å². The molecule has 98 valence electrons. The molecule has 7 heteroatoms. The molecule has 0 saturated carbocycles. The van der Waals surface area contributed by atoms with Crippen LogP contribution < -0.4 is 5.48 Å². The van der Waals surface area contributed by atoms with Crippen LogP contribution in [-0.4, -0.2) is 29.2 Å². The summed E-state index contributed by atoms with van der Waals surface area (Å²) in [6.07, 6.45) is 0.385. The van der Waals surface area contributed by atoms with Gasteiger partial charge in [0.2, 0.25) is 0 Å². The number of aliphatic carboxylic acids is 1. The number of rotatable bonds is 7. The van der Waals surface area contributed by atoms with Crippen molar-refractivity contribution in [2.45, 2.75) is 13.3 Å². The van der Waals surface area contributed by atoms with Crippen molar-refractivity contribution in [3.8, 4) is 0 Å². The summed E-state index contributed by atoms with van der Waals surface area (Å²) in [7, 11) is 0. The normalized spacial score (nSPS) is 10.3. The number of carboxylic acids is 1. The van der Waals surface area contributed by atoms with Crippen molar-refractivity contribution < 1.29 is 19.7 Å². The molecule has 0 saturated heterocycles. The number of nitro groups is 1. The Balaban J connectivity index is 2.51. The molecule has 0 spiro atoms. The monoisotopic (exact) mass is 254 g/mol. The number of hydrogen-bond acceptors (Lipinski definition) is 5. The molecule has 1 aromatic carbocycles. The van der Waals surface area contributed by atoms with Crippen LogP contribution in [0.1, 0.15) is 11.1 Å². The first-order valence-corrected chi connectivity index (χ1v) is 5.31. The fourth-order valence-corrected chi connectivity index (χ4v) is 1.43. The predicted molar refractivity (Wildman–Crippen MR) is 63.1 cm³/mol. The summed E-state index contributed by atoms with van der Waals surface area (Å²) < 4.78 is 0. The Bertz CT molecular complexity index is 447. The van der Waals surface area contributed by atoms with Gasteiger partial charge in [-0.25, -0.2) is 10.3 Å². The number of nitrogens with zero attached hydrogens (tertiary/aromatic N) is 1. The Labute approximate surface area is 103 Å². The molecule has 0 bridgehead atoms. The lowest BCUT2D eigenvalue weighted by Crippen LogP contribution is -2.22. The fourth-order valence-electron chi connectivity index (χ4n) is 1.43. The van der Waals surface area contributed by atoms with E-state index in [9.17, 15) is 14.9 Å². The summed E-state index contributed by atoms with van der Waals surface area (Å²) >= 11 is 0. The summed E-state index contributed by atoms with van der Waals surface area (Å²) in [6.45, 7) is 1.64. The molecule has 7 nitrogen and oxygen atoms in total. The standard InChI is InChI=1S/C11H14N2O5/c1-8-2-3-9(10(6-8)13(16)17)4-5-12-18-7-11(14)15/h2-3,6,12H,4-5,7H2,1H3,(H,14,15). The van der Waals surface area contributed by atoms with E-state index in [0.29, 0.717) is 18.5 Å². The van der Waals surface area contributed by atoms with E-state index in [4.69, 9.17) is 5.11 Å². The third kappa shape index (κ3) is 4.48. The van der Waals surface area contributed by atoms with Gasteiger partial charge < -0.3 is 5.11 Å². The van der Waals surface area contributed by atoms with Gasteiger partial charge in [-0.05, 0) is 18.9 Å². The van der Waals surface area contributed by atoms with Gasteiger partial charge in [0.1, 0.15) is 0 Å². The van der Waals surface area contributed by atoms with Crippen molar-refractivity contribution in [3.63, 3.8) is 0 Å². The van der Waals surface area contributed by atoms with E-state index >= 15 is 0 Å². The molecule has 0 aromatic heterocycles. The molecule has 2 N–H and O–H groups in total. The first kappa shape index (κ1) is 14.1. The third-order valence-corrected chi connectivity index (χ3v) is 2.23. The van der Waals surface area contributed by atoms with Crippen molar-refractivity contribution in [2.24, 2.45) is 0 Å². The lowest BCUT2D eigenvalue weighted by molar-refractivity contribution is -0.385. The minimum Gasteiger partial charge on any atom is -0.479 e. The maximum absolute atomic E-state index is 10.8. The highest BCUT2D eigenvalue weighted by Crippen LogP contribution is 2.20. The van der Waals surface area contributed by atoms with Gasteiger partial charge in [-0.15, -0.1) is 0 Å². The molecule has 0 aliphatic carbocycles. The Morgan fingerprint density at radius 3 is 2.89 bits per heavy atom. The Kier molecular flexibility index (Phi) is 5.22. The number of hydroxylamine groups is 1. The van der Waals surface area contributed by atoms with Crippen LogP contribution in [0.2, 0.25) is 0 Å². The topological polar surface area (TPSA) is 102 Å². The van der Waals surface area contributed by atoms with Gasteiger partial charge in [-0.1, -0.05) is 12.1 Å².